The molecule has 0 bridgehead atoms. The van der Waals surface area contributed by atoms with Crippen LogP contribution in [0.2, 0.25) is 0 Å². The molecule has 1 atom stereocenters. The molecule has 35 heavy (non-hydrogen) atoms. The lowest BCUT2D eigenvalue weighted by Gasteiger charge is -2.35. The van der Waals surface area contributed by atoms with Crippen LogP contribution in [0.3, 0.4) is 0 Å². The number of benzene rings is 2. The van der Waals surface area contributed by atoms with Crippen LogP contribution in [0.15, 0.2) is 53.4 Å². The zero-order valence-corrected chi connectivity index (χ0v) is 20.4. The molecule has 1 saturated heterocycles. The lowest BCUT2D eigenvalue weighted by atomic mass is 9.97. The average molecular weight is 516 g/mol. The second kappa shape index (κ2) is 10.9. The third-order valence-electron chi connectivity index (χ3n) is 5.96. The number of hydrogen-bond donors (Lipinski definition) is 1. The Hall–Kier alpha value is -2.66. The Morgan fingerprint density at radius 3 is 2.31 bits per heavy atom. The van der Waals surface area contributed by atoms with Crippen LogP contribution >= 0.6 is 0 Å². The van der Waals surface area contributed by atoms with Crippen LogP contribution in [0.4, 0.5) is 23.2 Å². The van der Waals surface area contributed by atoms with Crippen molar-refractivity contribution >= 4 is 21.6 Å². The van der Waals surface area contributed by atoms with E-state index in [2.05, 4.69) is 5.32 Å². The molecule has 2 aromatic carbocycles. The Morgan fingerprint density at radius 2 is 1.74 bits per heavy atom. The minimum absolute atomic E-state index is 0.0659. The third-order valence-corrected chi connectivity index (χ3v) is 8.00. The molecule has 1 aliphatic rings. The summed E-state index contributed by atoms with van der Waals surface area (Å²) in [6.07, 6.45) is -2.74. The lowest BCUT2D eigenvalue weighted by molar-refractivity contribution is -0.137. The number of nitrogens with zero attached hydrogens (tertiary/aromatic N) is 2. The van der Waals surface area contributed by atoms with Crippen molar-refractivity contribution in [3.63, 3.8) is 0 Å². The second-order valence-electron chi connectivity index (χ2n) is 8.90. The number of rotatable bonds is 8. The van der Waals surface area contributed by atoms with Crippen LogP contribution in [-0.4, -0.2) is 50.9 Å². The molecule has 0 radical (unpaired) electrons. The van der Waals surface area contributed by atoms with E-state index < -0.39 is 39.5 Å². The van der Waals surface area contributed by atoms with Crippen LogP contribution in [-0.2, 0) is 21.0 Å². The number of hydrogen-bond acceptors (Lipinski definition) is 4. The zero-order chi connectivity index (χ0) is 25.8. The van der Waals surface area contributed by atoms with E-state index in [0.717, 1.165) is 53.5 Å². The number of carbonyl (C=O) groups is 1. The van der Waals surface area contributed by atoms with E-state index in [-0.39, 0.29) is 17.4 Å². The summed E-state index contributed by atoms with van der Waals surface area (Å²) in [7, 11) is -4.00. The molecule has 6 nitrogen and oxygen atoms in total. The molecule has 192 valence electrons. The number of halogens is 4. The fourth-order valence-corrected chi connectivity index (χ4v) is 5.66. The summed E-state index contributed by atoms with van der Waals surface area (Å²) in [6.45, 7) is 4.50. The van der Waals surface area contributed by atoms with Crippen molar-refractivity contribution in [1.82, 2.24) is 9.62 Å². The molecule has 1 fully saturated rings. The van der Waals surface area contributed by atoms with Gasteiger partial charge in [0.2, 0.25) is 15.9 Å². The molecule has 0 aromatic heterocycles. The van der Waals surface area contributed by atoms with Gasteiger partial charge in [-0.3, -0.25) is 4.79 Å². The molecule has 1 heterocycles. The molecule has 11 heteroatoms. The van der Waals surface area contributed by atoms with Crippen molar-refractivity contribution in [3.8, 4) is 0 Å². The van der Waals surface area contributed by atoms with Crippen LogP contribution < -0.4 is 10.2 Å². The van der Waals surface area contributed by atoms with Gasteiger partial charge in [0.05, 0.1) is 17.0 Å². The van der Waals surface area contributed by atoms with Crippen molar-refractivity contribution in [2.75, 3.05) is 31.1 Å². The molecule has 2 aromatic rings. The topological polar surface area (TPSA) is 69.7 Å². The lowest BCUT2D eigenvalue weighted by Crippen LogP contribution is -2.46. The van der Waals surface area contributed by atoms with Gasteiger partial charge in [-0.15, -0.1) is 0 Å². The Labute approximate surface area is 203 Å². The first-order valence-corrected chi connectivity index (χ1v) is 12.8. The van der Waals surface area contributed by atoms with Crippen molar-refractivity contribution in [2.24, 2.45) is 5.92 Å². The van der Waals surface area contributed by atoms with Crippen LogP contribution in [0.1, 0.15) is 32.3 Å². The largest absolute Gasteiger partial charge is 0.416 e. The van der Waals surface area contributed by atoms with Crippen molar-refractivity contribution in [2.45, 2.75) is 43.8 Å². The Kier molecular flexibility index (Phi) is 8.42. The fourth-order valence-electron chi connectivity index (χ4n) is 4.07. The molecule has 1 aliphatic heterocycles. The van der Waals surface area contributed by atoms with E-state index >= 15 is 0 Å². The maximum absolute atomic E-state index is 13.2. The first-order valence-electron chi connectivity index (χ1n) is 11.3. The molecule has 1 amide bonds. The third kappa shape index (κ3) is 6.94. The Morgan fingerprint density at radius 1 is 1.11 bits per heavy atom. The Balaban J connectivity index is 1.58. The van der Waals surface area contributed by atoms with Gasteiger partial charge in [0.1, 0.15) is 5.82 Å². The zero-order valence-electron chi connectivity index (χ0n) is 19.6. The van der Waals surface area contributed by atoms with E-state index in [9.17, 15) is 30.8 Å². The average Bonchev–Trinajstić information content (AvgIpc) is 2.81. The number of nitrogens with one attached hydrogen (secondary N) is 1. The molecule has 0 saturated carbocycles. The van der Waals surface area contributed by atoms with E-state index in [0.29, 0.717) is 25.3 Å². The van der Waals surface area contributed by atoms with Crippen molar-refractivity contribution in [3.05, 3.63) is 59.9 Å². The first kappa shape index (κ1) is 26.9. The van der Waals surface area contributed by atoms with Gasteiger partial charge in [-0.2, -0.15) is 17.5 Å². The molecule has 3 rings (SSSR count). The van der Waals surface area contributed by atoms with Gasteiger partial charge in [-0.25, -0.2) is 12.8 Å². The summed E-state index contributed by atoms with van der Waals surface area (Å²) < 4.78 is 78.6. The van der Waals surface area contributed by atoms with E-state index in [1.54, 1.807) is 13.8 Å². The van der Waals surface area contributed by atoms with E-state index in [1.807, 2.05) is 4.90 Å². The SMILES string of the molecule is CC(C)N(CC(=O)NC[C@H]1CCCN(c2ccc(C(F)(F)F)cc2)C1)S(=O)(=O)c1ccc(F)cc1. The monoisotopic (exact) mass is 515 g/mol. The smallest absolute Gasteiger partial charge is 0.371 e. The number of sulfonamides is 1. The number of amides is 1. The summed E-state index contributed by atoms with van der Waals surface area (Å²) in [5.41, 5.74) is -0.0160. The molecule has 0 spiro atoms. The quantitative estimate of drug-likeness (QED) is 0.533. The standard InChI is InChI=1S/C24H29F4N3O3S/c1-17(2)31(35(33,34)22-11-7-20(25)8-12-22)16-23(32)29-14-18-4-3-13-30(15-18)21-9-5-19(6-10-21)24(26,27)28/h5-12,17-18H,3-4,13-16H2,1-2H3,(H,29,32)/t18-/m1/s1. The van der Waals surface area contributed by atoms with Gasteiger partial charge in [0.25, 0.3) is 0 Å². The second-order valence-corrected chi connectivity index (χ2v) is 10.8. The summed E-state index contributed by atoms with van der Waals surface area (Å²) in [5, 5.41) is 2.79. The van der Waals surface area contributed by atoms with E-state index in [1.165, 1.54) is 12.1 Å². The maximum Gasteiger partial charge on any atom is 0.416 e. The minimum Gasteiger partial charge on any atom is -0.371 e. The van der Waals surface area contributed by atoms with Gasteiger partial charge < -0.3 is 10.2 Å². The van der Waals surface area contributed by atoms with E-state index in [4.69, 9.17) is 0 Å². The number of alkyl halides is 3. The van der Waals surface area contributed by atoms with Gasteiger partial charge in [-0.05, 0) is 81.1 Å². The van der Waals surface area contributed by atoms with Crippen molar-refractivity contribution in [1.29, 1.82) is 0 Å². The highest BCUT2D eigenvalue weighted by Crippen LogP contribution is 2.31. The van der Waals surface area contributed by atoms with Gasteiger partial charge in [0, 0.05) is 31.4 Å². The molecular weight excluding hydrogens is 486 g/mol. The number of carbonyl (C=O) groups excluding carboxylic acids is 1. The molecule has 0 unspecified atom stereocenters. The highest BCUT2D eigenvalue weighted by atomic mass is 32.2. The summed E-state index contributed by atoms with van der Waals surface area (Å²) in [4.78, 5) is 14.5. The number of anilines is 1. The highest BCUT2D eigenvalue weighted by Gasteiger charge is 2.31. The summed E-state index contributed by atoms with van der Waals surface area (Å²) >= 11 is 0. The van der Waals surface area contributed by atoms with Gasteiger partial charge >= 0.3 is 6.18 Å². The summed E-state index contributed by atoms with van der Waals surface area (Å²) in [6, 6.07) is 8.95. The highest BCUT2D eigenvalue weighted by molar-refractivity contribution is 7.89. The Bertz CT molecular complexity index is 1100. The predicted octanol–water partition coefficient (Wildman–Crippen LogP) is 4.28. The minimum atomic E-state index is -4.39. The van der Waals surface area contributed by atoms with Crippen molar-refractivity contribution < 1.29 is 30.8 Å². The van der Waals surface area contributed by atoms with Gasteiger partial charge in [0.15, 0.2) is 0 Å². The summed E-state index contributed by atoms with van der Waals surface area (Å²) in [5.74, 6) is -0.956. The fraction of sp³-hybridized carbons (Fsp3) is 0.458. The maximum atomic E-state index is 13.2. The van der Waals surface area contributed by atoms with Gasteiger partial charge in [-0.1, -0.05) is 0 Å². The molecule has 1 N–H and O–H groups in total. The molecule has 0 aliphatic carbocycles. The first-order chi connectivity index (χ1) is 16.4. The van der Waals surface area contributed by atoms with Crippen LogP contribution in [0, 0.1) is 11.7 Å². The number of piperidine rings is 1. The van der Waals surface area contributed by atoms with Crippen LogP contribution in [0.5, 0.6) is 0 Å². The van der Waals surface area contributed by atoms with Crippen LogP contribution in [0.25, 0.3) is 0 Å². The normalized spacial score (nSPS) is 17.1. The predicted molar refractivity (Wildman–Crippen MR) is 125 cm³/mol. The molecular formula is C24H29F4N3O3S.